The van der Waals surface area contributed by atoms with Crippen LogP contribution < -0.4 is 5.43 Å². The van der Waals surface area contributed by atoms with E-state index in [1.54, 1.807) is 0 Å². The Labute approximate surface area is 88.2 Å². The van der Waals surface area contributed by atoms with Gasteiger partial charge >= 0.3 is 0 Å². The average molecular weight is 200 g/mol. The first-order chi connectivity index (χ1) is 7.25. The standard InChI is InChI=1S/C12H12N2O/c1-7-2-4-8(5-3-7)11-9-6-10(9)12(15)14-13-11/h2-5,9-10H,6H2,1H3,(H,14,15)/t9-,10+/m1/s1. The molecule has 1 amide bonds. The highest BCUT2D eigenvalue weighted by Gasteiger charge is 2.49. The first-order valence-corrected chi connectivity index (χ1v) is 5.20. The molecular formula is C12H12N2O. The second kappa shape index (κ2) is 2.92. The van der Waals surface area contributed by atoms with Crippen molar-refractivity contribution < 1.29 is 4.79 Å². The summed E-state index contributed by atoms with van der Waals surface area (Å²) in [5, 5.41) is 4.15. The van der Waals surface area contributed by atoms with Crippen molar-refractivity contribution >= 4 is 11.6 Å². The van der Waals surface area contributed by atoms with Gasteiger partial charge in [0.2, 0.25) is 5.91 Å². The Hall–Kier alpha value is -1.64. The predicted octanol–water partition coefficient (Wildman–Crippen LogP) is 1.47. The van der Waals surface area contributed by atoms with Crippen LogP contribution in [0.2, 0.25) is 0 Å². The van der Waals surface area contributed by atoms with Crippen molar-refractivity contribution in [1.29, 1.82) is 0 Å². The van der Waals surface area contributed by atoms with Gasteiger partial charge in [0.25, 0.3) is 0 Å². The van der Waals surface area contributed by atoms with Gasteiger partial charge in [0.05, 0.1) is 5.71 Å². The monoisotopic (exact) mass is 200 g/mol. The number of amides is 1. The Morgan fingerprint density at radius 1 is 1.27 bits per heavy atom. The molecule has 1 N–H and O–H groups in total. The average Bonchev–Trinajstić information content (AvgIpc) is 3.01. The molecule has 1 fully saturated rings. The van der Waals surface area contributed by atoms with Gasteiger partial charge in [-0.3, -0.25) is 4.79 Å². The zero-order valence-corrected chi connectivity index (χ0v) is 8.53. The van der Waals surface area contributed by atoms with Crippen LogP contribution in [0.25, 0.3) is 0 Å². The van der Waals surface area contributed by atoms with E-state index in [2.05, 4.69) is 41.7 Å². The Kier molecular flexibility index (Phi) is 1.69. The number of rotatable bonds is 1. The molecule has 3 nitrogen and oxygen atoms in total. The van der Waals surface area contributed by atoms with Crippen molar-refractivity contribution in [3.63, 3.8) is 0 Å². The molecular weight excluding hydrogens is 188 g/mol. The number of carbonyl (C=O) groups excluding carboxylic acids is 1. The molecule has 1 saturated carbocycles. The van der Waals surface area contributed by atoms with Gasteiger partial charge in [-0.25, -0.2) is 5.43 Å². The number of aryl methyl sites for hydroxylation is 1. The fraction of sp³-hybridized carbons (Fsp3) is 0.333. The topological polar surface area (TPSA) is 41.5 Å². The van der Waals surface area contributed by atoms with Crippen LogP contribution in [0.5, 0.6) is 0 Å². The minimum Gasteiger partial charge on any atom is -0.273 e. The van der Waals surface area contributed by atoms with E-state index >= 15 is 0 Å². The van der Waals surface area contributed by atoms with Gasteiger partial charge in [0, 0.05) is 11.8 Å². The maximum atomic E-state index is 11.2. The van der Waals surface area contributed by atoms with E-state index in [9.17, 15) is 4.79 Å². The largest absolute Gasteiger partial charge is 0.273 e. The van der Waals surface area contributed by atoms with Gasteiger partial charge in [0.1, 0.15) is 0 Å². The van der Waals surface area contributed by atoms with E-state index in [0.717, 1.165) is 17.7 Å². The summed E-state index contributed by atoms with van der Waals surface area (Å²) in [4.78, 5) is 11.2. The maximum Gasteiger partial charge on any atom is 0.243 e. The summed E-state index contributed by atoms with van der Waals surface area (Å²) >= 11 is 0. The third kappa shape index (κ3) is 1.35. The molecule has 1 aromatic rings. The summed E-state index contributed by atoms with van der Waals surface area (Å²) in [6.07, 6.45) is 0.957. The van der Waals surface area contributed by atoms with Crippen LogP contribution in [0, 0.1) is 18.8 Å². The lowest BCUT2D eigenvalue weighted by atomic mass is 10.0. The lowest BCUT2D eigenvalue weighted by Crippen LogP contribution is -2.28. The molecule has 0 unspecified atom stereocenters. The summed E-state index contributed by atoms with van der Waals surface area (Å²) in [5.41, 5.74) is 6.00. The molecule has 2 atom stereocenters. The third-order valence-electron chi connectivity index (χ3n) is 3.11. The molecule has 76 valence electrons. The fourth-order valence-corrected chi connectivity index (χ4v) is 2.07. The molecule has 1 aliphatic carbocycles. The molecule has 1 heterocycles. The molecule has 0 aromatic heterocycles. The smallest absolute Gasteiger partial charge is 0.243 e. The first-order valence-electron chi connectivity index (χ1n) is 5.20. The Bertz CT molecular complexity index is 447. The van der Waals surface area contributed by atoms with Gasteiger partial charge in [-0.05, 0) is 18.9 Å². The quantitative estimate of drug-likeness (QED) is 0.732. The van der Waals surface area contributed by atoms with Crippen molar-refractivity contribution in [2.75, 3.05) is 0 Å². The van der Waals surface area contributed by atoms with Crippen LogP contribution in [-0.2, 0) is 4.79 Å². The predicted molar refractivity (Wildman–Crippen MR) is 57.5 cm³/mol. The molecule has 1 aliphatic heterocycles. The summed E-state index contributed by atoms with van der Waals surface area (Å²) in [5.74, 6) is 0.621. The van der Waals surface area contributed by atoms with Crippen LogP contribution in [0.3, 0.4) is 0 Å². The number of hydrazone groups is 1. The maximum absolute atomic E-state index is 11.2. The Balaban J connectivity index is 1.95. The highest BCUT2D eigenvalue weighted by molar-refractivity contribution is 6.09. The number of fused-ring (bicyclic) bond motifs is 1. The van der Waals surface area contributed by atoms with Crippen molar-refractivity contribution in [1.82, 2.24) is 5.43 Å². The number of hydrogen-bond donors (Lipinski definition) is 1. The van der Waals surface area contributed by atoms with Gasteiger partial charge in [0.15, 0.2) is 0 Å². The molecule has 3 rings (SSSR count). The van der Waals surface area contributed by atoms with Gasteiger partial charge in [-0.2, -0.15) is 5.10 Å². The van der Waals surface area contributed by atoms with E-state index < -0.39 is 0 Å². The molecule has 15 heavy (non-hydrogen) atoms. The summed E-state index contributed by atoms with van der Waals surface area (Å²) in [7, 11) is 0. The van der Waals surface area contributed by atoms with Crippen LogP contribution in [0.15, 0.2) is 29.4 Å². The normalized spacial score (nSPS) is 27.8. The molecule has 1 aromatic carbocycles. The van der Waals surface area contributed by atoms with Crippen LogP contribution in [0.4, 0.5) is 0 Å². The summed E-state index contributed by atoms with van der Waals surface area (Å²) < 4.78 is 0. The first kappa shape index (κ1) is 8.65. The number of nitrogens with zero attached hydrogens (tertiary/aromatic N) is 1. The zero-order valence-electron chi connectivity index (χ0n) is 8.53. The van der Waals surface area contributed by atoms with E-state index in [0.29, 0.717) is 5.92 Å². The van der Waals surface area contributed by atoms with E-state index in [-0.39, 0.29) is 11.8 Å². The summed E-state index contributed by atoms with van der Waals surface area (Å²) in [6, 6.07) is 8.29. The number of nitrogens with one attached hydrogen (secondary N) is 1. The fourth-order valence-electron chi connectivity index (χ4n) is 2.07. The van der Waals surface area contributed by atoms with Gasteiger partial charge in [-0.1, -0.05) is 29.8 Å². The second-order valence-corrected chi connectivity index (χ2v) is 4.29. The van der Waals surface area contributed by atoms with Gasteiger partial charge in [-0.15, -0.1) is 0 Å². The van der Waals surface area contributed by atoms with Crippen LogP contribution >= 0.6 is 0 Å². The Morgan fingerprint density at radius 2 is 2.00 bits per heavy atom. The molecule has 3 heteroatoms. The molecule has 0 spiro atoms. The number of hydrogen-bond acceptors (Lipinski definition) is 2. The summed E-state index contributed by atoms with van der Waals surface area (Å²) in [6.45, 7) is 2.06. The highest BCUT2D eigenvalue weighted by Crippen LogP contribution is 2.43. The minimum absolute atomic E-state index is 0.0795. The lowest BCUT2D eigenvalue weighted by molar-refractivity contribution is -0.122. The molecule has 0 radical (unpaired) electrons. The number of carbonyl (C=O) groups is 1. The van der Waals surface area contributed by atoms with Crippen molar-refractivity contribution in [2.24, 2.45) is 16.9 Å². The Morgan fingerprint density at radius 3 is 2.73 bits per heavy atom. The van der Waals surface area contributed by atoms with Crippen molar-refractivity contribution in [2.45, 2.75) is 13.3 Å². The van der Waals surface area contributed by atoms with E-state index in [4.69, 9.17) is 0 Å². The van der Waals surface area contributed by atoms with E-state index in [1.165, 1.54) is 5.56 Å². The van der Waals surface area contributed by atoms with Crippen molar-refractivity contribution in [3.8, 4) is 0 Å². The molecule has 0 bridgehead atoms. The van der Waals surface area contributed by atoms with Crippen molar-refractivity contribution in [3.05, 3.63) is 35.4 Å². The number of benzene rings is 1. The lowest BCUT2D eigenvalue weighted by Gasteiger charge is -2.11. The van der Waals surface area contributed by atoms with Crippen LogP contribution in [-0.4, -0.2) is 11.6 Å². The second-order valence-electron chi connectivity index (χ2n) is 4.29. The SMILES string of the molecule is Cc1ccc(C2=NNC(=O)[C@H]3C[C@@H]23)cc1. The molecule has 2 aliphatic rings. The minimum atomic E-state index is 0.0795. The van der Waals surface area contributed by atoms with Crippen LogP contribution in [0.1, 0.15) is 17.5 Å². The zero-order chi connectivity index (χ0) is 10.4. The third-order valence-corrected chi connectivity index (χ3v) is 3.11. The molecule has 0 saturated heterocycles. The highest BCUT2D eigenvalue weighted by atomic mass is 16.2. The van der Waals surface area contributed by atoms with E-state index in [1.807, 2.05) is 0 Å². The van der Waals surface area contributed by atoms with Gasteiger partial charge < -0.3 is 0 Å².